The summed E-state index contributed by atoms with van der Waals surface area (Å²) in [5.74, 6) is 1.54. The van der Waals surface area contributed by atoms with E-state index in [1.807, 2.05) is 30.3 Å². The summed E-state index contributed by atoms with van der Waals surface area (Å²) in [5, 5.41) is 4.34. The van der Waals surface area contributed by atoms with Gasteiger partial charge in [0.05, 0.1) is 14.2 Å². The van der Waals surface area contributed by atoms with Crippen molar-refractivity contribution < 1.29 is 9.47 Å². The standard InChI is InChI=1S/C19H24ClNO2/c1-14(21-10-9-15-5-4-6-17(20)12-15)11-16-7-8-18(22-2)19(13-16)23-3/h4-8,12-14,21H,9-11H2,1-3H3. The van der Waals surface area contributed by atoms with E-state index in [-0.39, 0.29) is 0 Å². The minimum absolute atomic E-state index is 0.382. The molecule has 0 heterocycles. The number of hydrogen-bond acceptors (Lipinski definition) is 3. The molecule has 0 saturated heterocycles. The minimum Gasteiger partial charge on any atom is -0.493 e. The lowest BCUT2D eigenvalue weighted by molar-refractivity contribution is 0.354. The van der Waals surface area contributed by atoms with Gasteiger partial charge in [0.2, 0.25) is 0 Å². The second-order valence-corrected chi connectivity index (χ2v) is 6.06. The Morgan fingerprint density at radius 3 is 2.48 bits per heavy atom. The third-order valence-electron chi connectivity index (χ3n) is 3.79. The van der Waals surface area contributed by atoms with Crippen LogP contribution >= 0.6 is 11.6 Å². The van der Waals surface area contributed by atoms with Crippen molar-refractivity contribution >= 4 is 11.6 Å². The highest BCUT2D eigenvalue weighted by Gasteiger charge is 2.08. The predicted octanol–water partition coefficient (Wildman–Crippen LogP) is 4.12. The fraction of sp³-hybridized carbons (Fsp3) is 0.368. The third-order valence-corrected chi connectivity index (χ3v) is 4.02. The average Bonchev–Trinajstić information content (AvgIpc) is 2.54. The Hall–Kier alpha value is -1.71. The summed E-state index contributed by atoms with van der Waals surface area (Å²) in [6.45, 7) is 3.11. The fourth-order valence-electron chi connectivity index (χ4n) is 2.59. The van der Waals surface area contributed by atoms with Gasteiger partial charge in [0.15, 0.2) is 11.5 Å². The van der Waals surface area contributed by atoms with E-state index in [1.165, 1.54) is 11.1 Å². The molecule has 0 radical (unpaired) electrons. The smallest absolute Gasteiger partial charge is 0.160 e. The summed E-state index contributed by atoms with van der Waals surface area (Å²) in [5.41, 5.74) is 2.48. The van der Waals surface area contributed by atoms with Gasteiger partial charge in [-0.15, -0.1) is 0 Å². The summed E-state index contributed by atoms with van der Waals surface area (Å²) in [6, 6.07) is 14.5. The van der Waals surface area contributed by atoms with Gasteiger partial charge in [0.25, 0.3) is 0 Å². The number of nitrogens with one attached hydrogen (secondary N) is 1. The summed E-state index contributed by atoms with van der Waals surface area (Å²) < 4.78 is 10.6. The van der Waals surface area contributed by atoms with Crippen LogP contribution in [0.4, 0.5) is 0 Å². The molecular weight excluding hydrogens is 310 g/mol. The van der Waals surface area contributed by atoms with Crippen molar-refractivity contribution in [3.63, 3.8) is 0 Å². The second-order valence-electron chi connectivity index (χ2n) is 5.63. The van der Waals surface area contributed by atoms with Gasteiger partial charge in [-0.3, -0.25) is 0 Å². The molecule has 0 saturated carbocycles. The van der Waals surface area contributed by atoms with Crippen molar-refractivity contribution in [3.8, 4) is 11.5 Å². The van der Waals surface area contributed by atoms with Crippen LogP contribution in [0.5, 0.6) is 11.5 Å². The first kappa shape index (κ1) is 17.6. The fourth-order valence-corrected chi connectivity index (χ4v) is 2.80. The third kappa shape index (κ3) is 5.45. The molecule has 2 aromatic rings. The van der Waals surface area contributed by atoms with Gasteiger partial charge in [0, 0.05) is 11.1 Å². The molecule has 0 spiro atoms. The van der Waals surface area contributed by atoms with Crippen LogP contribution in [0.25, 0.3) is 0 Å². The largest absolute Gasteiger partial charge is 0.493 e. The highest BCUT2D eigenvalue weighted by Crippen LogP contribution is 2.27. The Morgan fingerprint density at radius 2 is 1.78 bits per heavy atom. The van der Waals surface area contributed by atoms with Crippen molar-refractivity contribution in [3.05, 3.63) is 58.6 Å². The predicted molar refractivity (Wildman–Crippen MR) is 95.9 cm³/mol. The summed E-state index contributed by atoms with van der Waals surface area (Å²) in [6.07, 6.45) is 1.91. The maximum atomic E-state index is 6.00. The maximum absolute atomic E-state index is 6.00. The van der Waals surface area contributed by atoms with Gasteiger partial charge in [-0.1, -0.05) is 29.8 Å². The van der Waals surface area contributed by atoms with Gasteiger partial charge in [-0.2, -0.15) is 0 Å². The molecule has 0 aliphatic heterocycles. The molecule has 23 heavy (non-hydrogen) atoms. The Labute approximate surface area is 143 Å². The van der Waals surface area contributed by atoms with E-state index in [0.717, 1.165) is 35.9 Å². The molecule has 4 heteroatoms. The number of hydrogen-bond donors (Lipinski definition) is 1. The molecule has 0 bridgehead atoms. The lowest BCUT2D eigenvalue weighted by atomic mass is 10.1. The van der Waals surface area contributed by atoms with Crippen LogP contribution in [0.15, 0.2) is 42.5 Å². The highest BCUT2D eigenvalue weighted by molar-refractivity contribution is 6.30. The molecule has 1 atom stereocenters. The van der Waals surface area contributed by atoms with Gasteiger partial charge in [-0.05, 0) is 61.7 Å². The van der Waals surface area contributed by atoms with Crippen molar-refractivity contribution in [2.24, 2.45) is 0 Å². The average molecular weight is 334 g/mol. The van der Waals surface area contributed by atoms with Gasteiger partial charge < -0.3 is 14.8 Å². The Morgan fingerprint density at radius 1 is 1.00 bits per heavy atom. The molecular formula is C19H24ClNO2. The second kappa shape index (κ2) is 8.80. The van der Waals surface area contributed by atoms with E-state index in [9.17, 15) is 0 Å². The zero-order chi connectivity index (χ0) is 16.7. The molecule has 0 aliphatic rings. The first-order chi connectivity index (χ1) is 11.1. The number of benzene rings is 2. The zero-order valence-electron chi connectivity index (χ0n) is 13.9. The quantitative estimate of drug-likeness (QED) is 0.788. The molecule has 2 rings (SSSR count). The van der Waals surface area contributed by atoms with Crippen LogP contribution in [0, 0.1) is 0 Å². The van der Waals surface area contributed by atoms with Crippen molar-refractivity contribution in [1.82, 2.24) is 5.32 Å². The first-order valence-electron chi connectivity index (χ1n) is 7.81. The number of halogens is 1. The lowest BCUT2D eigenvalue weighted by Gasteiger charge is -2.15. The molecule has 0 fully saturated rings. The van der Waals surface area contributed by atoms with E-state index in [1.54, 1.807) is 14.2 Å². The van der Waals surface area contributed by atoms with E-state index in [0.29, 0.717) is 6.04 Å². The molecule has 0 aliphatic carbocycles. The SMILES string of the molecule is COc1ccc(CC(C)NCCc2cccc(Cl)c2)cc1OC. The number of rotatable bonds is 8. The van der Waals surface area contributed by atoms with Gasteiger partial charge in [-0.25, -0.2) is 0 Å². The molecule has 124 valence electrons. The number of methoxy groups -OCH3 is 2. The minimum atomic E-state index is 0.382. The highest BCUT2D eigenvalue weighted by atomic mass is 35.5. The molecule has 3 nitrogen and oxygen atoms in total. The van der Waals surface area contributed by atoms with Crippen molar-refractivity contribution in [2.75, 3.05) is 20.8 Å². The zero-order valence-corrected chi connectivity index (χ0v) is 14.7. The monoisotopic (exact) mass is 333 g/mol. The summed E-state index contributed by atoms with van der Waals surface area (Å²) >= 11 is 6.00. The molecule has 0 amide bonds. The van der Waals surface area contributed by atoms with E-state index >= 15 is 0 Å². The van der Waals surface area contributed by atoms with Gasteiger partial charge in [0.1, 0.15) is 0 Å². The molecule has 1 unspecified atom stereocenters. The Bertz CT molecular complexity index is 631. The van der Waals surface area contributed by atoms with E-state index < -0.39 is 0 Å². The van der Waals surface area contributed by atoms with E-state index in [4.69, 9.17) is 21.1 Å². The lowest BCUT2D eigenvalue weighted by Crippen LogP contribution is -2.30. The van der Waals surface area contributed by atoms with E-state index in [2.05, 4.69) is 24.4 Å². The van der Waals surface area contributed by atoms with Gasteiger partial charge >= 0.3 is 0 Å². The number of ether oxygens (including phenoxy) is 2. The summed E-state index contributed by atoms with van der Waals surface area (Å²) in [4.78, 5) is 0. The molecule has 1 N–H and O–H groups in total. The molecule has 2 aromatic carbocycles. The maximum Gasteiger partial charge on any atom is 0.160 e. The van der Waals surface area contributed by atoms with Crippen LogP contribution in [0.1, 0.15) is 18.1 Å². The van der Waals surface area contributed by atoms with Crippen molar-refractivity contribution in [2.45, 2.75) is 25.8 Å². The normalized spacial score (nSPS) is 12.0. The van der Waals surface area contributed by atoms with Crippen LogP contribution in [-0.2, 0) is 12.8 Å². The topological polar surface area (TPSA) is 30.5 Å². The van der Waals surface area contributed by atoms with Crippen LogP contribution < -0.4 is 14.8 Å². The Kier molecular flexibility index (Phi) is 6.75. The van der Waals surface area contributed by atoms with Crippen molar-refractivity contribution in [1.29, 1.82) is 0 Å². The first-order valence-corrected chi connectivity index (χ1v) is 8.19. The van der Waals surface area contributed by atoms with Crippen LogP contribution in [-0.4, -0.2) is 26.8 Å². The summed E-state index contributed by atoms with van der Waals surface area (Å²) in [7, 11) is 3.31. The molecule has 0 aromatic heterocycles. The van der Waals surface area contributed by atoms with Crippen LogP contribution in [0.3, 0.4) is 0 Å². The Balaban J connectivity index is 1.83. The van der Waals surface area contributed by atoms with Crippen LogP contribution in [0.2, 0.25) is 5.02 Å².